The number of rotatable bonds is 5. The Hall–Kier alpha value is -2.93. The summed E-state index contributed by atoms with van der Waals surface area (Å²) in [6.45, 7) is 1.88. The fourth-order valence-electron chi connectivity index (χ4n) is 2.93. The van der Waals surface area contributed by atoms with Crippen molar-refractivity contribution >= 4 is 23.3 Å². The van der Waals surface area contributed by atoms with E-state index in [-0.39, 0.29) is 18.7 Å². The number of anilines is 1. The van der Waals surface area contributed by atoms with Crippen LogP contribution in [0, 0.1) is 11.6 Å². The molecule has 0 saturated carbocycles. The lowest BCUT2D eigenvalue weighted by Crippen LogP contribution is -2.08. The number of aromatic nitrogens is 2. The van der Waals surface area contributed by atoms with Gasteiger partial charge in [0.25, 0.3) is 0 Å². The van der Waals surface area contributed by atoms with Crippen molar-refractivity contribution in [3.05, 3.63) is 70.1 Å². The van der Waals surface area contributed by atoms with Crippen LogP contribution in [-0.2, 0) is 18.2 Å². The Morgan fingerprint density at radius 1 is 1.21 bits per heavy atom. The molecular formula is C20H18ClF2N3O2. The van der Waals surface area contributed by atoms with Crippen molar-refractivity contribution in [2.24, 2.45) is 7.05 Å². The Labute approximate surface area is 165 Å². The second-order valence-electron chi connectivity index (χ2n) is 6.16. The van der Waals surface area contributed by atoms with Crippen LogP contribution in [0.1, 0.15) is 28.8 Å². The standard InChI is InChI=1S/C20H18ClF2N3O2/c1-3-28-20(27)18-19(13-6-5-12(21)10-16(13)24)26(2)17(25-18)9-11-4-7-14(22)15(23)8-11/h4-8,10H,3,9,24H2,1-2H3. The fourth-order valence-corrected chi connectivity index (χ4v) is 3.11. The largest absolute Gasteiger partial charge is 0.461 e. The van der Waals surface area contributed by atoms with Gasteiger partial charge in [-0.05, 0) is 42.8 Å². The Bertz CT molecular complexity index is 1050. The summed E-state index contributed by atoms with van der Waals surface area (Å²) in [5.74, 6) is -2.00. The number of nitrogens with zero attached hydrogens (tertiary/aromatic N) is 2. The van der Waals surface area contributed by atoms with Crippen molar-refractivity contribution < 1.29 is 18.3 Å². The number of nitrogen functional groups attached to an aromatic ring is 1. The predicted octanol–water partition coefficient (Wildman–Crippen LogP) is 4.37. The zero-order valence-corrected chi connectivity index (χ0v) is 16.1. The molecule has 2 aromatic carbocycles. The Balaban J connectivity index is 2.12. The van der Waals surface area contributed by atoms with Crippen LogP contribution in [0.5, 0.6) is 0 Å². The zero-order valence-electron chi connectivity index (χ0n) is 15.3. The quantitative estimate of drug-likeness (QED) is 0.505. The molecule has 3 rings (SSSR count). The van der Waals surface area contributed by atoms with Crippen molar-refractivity contribution in [2.75, 3.05) is 12.3 Å². The second kappa shape index (κ2) is 7.98. The molecular weight excluding hydrogens is 388 g/mol. The molecule has 28 heavy (non-hydrogen) atoms. The minimum absolute atomic E-state index is 0.0935. The molecule has 0 unspecified atom stereocenters. The predicted molar refractivity (Wildman–Crippen MR) is 103 cm³/mol. The van der Waals surface area contributed by atoms with Crippen molar-refractivity contribution in [1.82, 2.24) is 9.55 Å². The number of carbonyl (C=O) groups is 1. The van der Waals surface area contributed by atoms with Gasteiger partial charge in [-0.2, -0.15) is 0 Å². The summed E-state index contributed by atoms with van der Waals surface area (Å²) in [4.78, 5) is 16.9. The lowest BCUT2D eigenvalue weighted by atomic mass is 10.1. The Kier molecular flexibility index (Phi) is 5.65. The number of hydrogen-bond donors (Lipinski definition) is 1. The number of ether oxygens (including phenoxy) is 1. The second-order valence-corrected chi connectivity index (χ2v) is 6.60. The molecule has 5 nitrogen and oxygen atoms in total. The fraction of sp³-hybridized carbons (Fsp3) is 0.200. The van der Waals surface area contributed by atoms with Gasteiger partial charge >= 0.3 is 5.97 Å². The molecule has 0 saturated heterocycles. The highest BCUT2D eigenvalue weighted by Crippen LogP contribution is 2.32. The van der Waals surface area contributed by atoms with E-state index in [4.69, 9.17) is 22.1 Å². The number of halogens is 3. The van der Waals surface area contributed by atoms with Crippen molar-refractivity contribution in [2.45, 2.75) is 13.3 Å². The first kappa shape index (κ1) is 19.8. The maximum atomic E-state index is 13.5. The van der Waals surface area contributed by atoms with Gasteiger partial charge in [0.15, 0.2) is 17.3 Å². The van der Waals surface area contributed by atoms with Crippen LogP contribution >= 0.6 is 11.6 Å². The molecule has 3 aromatic rings. The highest BCUT2D eigenvalue weighted by atomic mass is 35.5. The lowest BCUT2D eigenvalue weighted by molar-refractivity contribution is 0.0521. The molecule has 0 atom stereocenters. The third-order valence-electron chi connectivity index (χ3n) is 4.27. The highest BCUT2D eigenvalue weighted by molar-refractivity contribution is 6.31. The van der Waals surface area contributed by atoms with Crippen LogP contribution in [0.3, 0.4) is 0 Å². The molecule has 146 valence electrons. The first-order valence-electron chi connectivity index (χ1n) is 8.53. The molecule has 0 aliphatic heterocycles. The summed E-state index contributed by atoms with van der Waals surface area (Å²) in [5.41, 5.74) is 8.11. The van der Waals surface area contributed by atoms with Gasteiger partial charge in [0.1, 0.15) is 5.82 Å². The molecule has 2 N–H and O–H groups in total. The van der Waals surface area contributed by atoms with Crippen molar-refractivity contribution in [3.63, 3.8) is 0 Å². The molecule has 0 fully saturated rings. The lowest BCUT2D eigenvalue weighted by Gasteiger charge is -2.10. The van der Waals surface area contributed by atoms with Crippen molar-refractivity contribution in [3.8, 4) is 11.3 Å². The summed E-state index contributed by atoms with van der Waals surface area (Å²) < 4.78 is 33.5. The molecule has 1 heterocycles. The van der Waals surface area contributed by atoms with Gasteiger partial charge in [0, 0.05) is 29.7 Å². The van der Waals surface area contributed by atoms with Crippen LogP contribution in [0.4, 0.5) is 14.5 Å². The van der Waals surface area contributed by atoms with E-state index in [9.17, 15) is 13.6 Å². The number of esters is 1. The summed E-state index contributed by atoms with van der Waals surface area (Å²) >= 11 is 5.98. The average molecular weight is 406 g/mol. The Morgan fingerprint density at radius 3 is 2.61 bits per heavy atom. The van der Waals surface area contributed by atoms with E-state index < -0.39 is 17.6 Å². The topological polar surface area (TPSA) is 70.1 Å². The van der Waals surface area contributed by atoms with E-state index in [1.54, 1.807) is 36.7 Å². The molecule has 0 radical (unpaired) electrons. The minimum Gasteiger partial charge on any atom is -0.461 e. The van der Waals surface area contributed by atoms with Gasteiger partial charge in [-0.15, -0.1) is 0 Å². The first-order valence-corrected chi connectivity index (χ1v) is 8.91. The van der Waals surface area contributed by atoms with E-state index in [0.717, 1.165) is 12.1 Å². The van der Waals surface area contributed by atoms with Crippen LogP contribution in [0.2, 0.25) is 5.02 Å². The number of hydrogen-bond acceptors (Lipinski definition) is 4. The minimum atomic E-state index is -0.945. The summed E-state index contributed by atoms with van der Waals surface area (Å²) in [6.07, 6.45) is 0.188. The van der Waals surface area contributed by atoms with Crippen molar-refractivity contribution in [1.29, 1.82) is 0 Å². The van der Waals surface area contributed by atoms with E-state index in [1.807, 2.05) is 0 Å². The molecule has 0 aliphatic carbocycles. The third kappa shape index (κ3) is 3.84. The summed E-state index contributed by atoms with van der Waals surface area (Å²) in [5, 5.41) is 0.461. The number of benzene rings is 2. The van der Waals surface area contributed by atoms with Crippen LogP contribution in [-0.4, -0.2) is 22.1 Å². The van der Waals surface area contributed by atoms with Gasteiger partial charge in [-0.3, -0.25) is 0 Å². The van der Waals surface area contributed by atoms with Gasteiger partial charge in [0.2, 0.25) is 0 Å². The highest BCUT2D eigenvalue weighted by Gasteiger charge is 2.24. The normalized spacial score (nSPS) is 10.9. The number of carbonyl (C=O) groups excluding carboxylic acids is 1. The third-order valence-corrected chi connectivity index (χ3v) is 4.51. The Morgan fingerprint density at radius 2 is 1.96 bits per heavy atom. The molecule has 1 aromatic heterocycles. The van der Waals surface area contributed by atoms with E-state index in [0.29, 0.717) is 33.4 Å². The maximum Gasteiger partial charge on any atom is 0.359 e. The molecule has 0 aliphatic rings. The van der Waals surface area contributed by atoms with Gasteiger partial charge in [-0.1, -0.05) is 17.7 Å². The molecule has 0 spiro atoms. The van der Waals surface area contributed by atoms with Gasteiger partial charge < -0.3 is 15.0 Å². The molecule has 0 bridgehead atoms. The zero-order chi connectivity index (χ0) is 20.4. The summed E-state index contributed by atoms with van der Waals surface area (Å²) in [6, 6.07) is 8.55. The molecule has 8 heteroatoms. The molecule has 0 amide bonds. The first-order chi connectivity index (χ1) is 13.3. The van der Waals surface area contributed by atoms with Crippen LogP contribution in [0.15, 0.2) is 36.4 Å². The van der Waals surface area contributed by atoms with E-state index >= 15 is 0 Å². The maximum absolute atomic E-state index is 13.5. The SMILES string of the molecule is CCOC(=O)c1nc(Cc2ccc(F)c(F)c2)n(C)c1-c1ccc(Cl)cc1N. The monoisotopic (exact) mass is 405 g/mol. The smallest absolute Gasteiger partial charge is 0.359 e. The average Bonchev–Trinajstić information content (AvgIpc) is 2.95. The number of imidazole rings is 1. The van der Waals surface area contributed by atoms with E-state index in [2.05, 4.69) is 4.98 Å². The van der Waals surface area contributed by atoms with Gasteiger partial charge in [0.05, 0.1) is 12.3 Å². The van der Waals surface area contributed by atoms with E-state index in [1.165, 1.54) is 6.07 Å². The number of nitrogens with two attached hydrogens (primary N) is 1. The summed E-state index contributed by atoms with van der Waals surface area (Å²) in [7, 11) is 1.72. The van der Waals surface area contributed by atoms with Crippen LogP contribution < -0.4 is 5.73 Å². The van der Waals surface area contributed by atoms with Gasteiger partial charge in [-0.25, -0.2) is 18.6 Å². The van der Waals surface area contributed by atoms with Crippen LogP contribution in [0.25, 0.3) is 11.3 Å².